The molecule has 0 aliphatic rings. The average Bonchev–Trinajstić information content (AvgIpc) is 0.811. The summed E-state index contributed by atoms with van der Waals surface area (Å²) in [7, 11) is 0. The van der Waals surface area contributed by atoms with Crippen molar-refractivity contribution in [3.63, 3.8) is 0 Å². The van der Waals surface area contributed by atoms with Crippen LogP contribution in [-0.2, 0) is 21.9 Å². The molecule has 0 aromatic carbocycles. The van der Waals surface area contributed by atoms with Crippen LogP contribution >= 0.6 is 0 Å². The fraction of sp³-hybridized carbons (Fsp3) is 0. The molecule has 10 heteroatoms. The van der Waals surface area contributed by atoms with Crippen molar-refractivity contribution in [1.29, 1.82) is 0 Å². The van der Waals surface area contributed by atoms with Crippen LogP contribution in [0.4, 0.5) is 28.2 Å². The normalized spacial score (nSPS) is 2.60. The minimum absolute atomic E-state index is 0. The predicted molar refractivity (Wildman–Crippen MR) is 20.1 cm³/mol. The van der Waals surface area contributed by atoms with Gasteiger partial charge in [-0.15, -0.1) is 0 Å². The summed E-state index contributed by atoms with van der Waals surface area (Å²) in [6.07, 6.45) is 0. The second-order valence-electron chi connectivity index (χ2n) is 0.283. The summed E-state index contributed by atoms with van der Waals surface area (Å²) in [6.45, 7) is 0. The SMILES string of the molecule is F.F.F.F.F.F.[O]=[Ti]([OH])[OH]. The van der Waals surface area contributed by atoms with Crippen molar-refractivity contribution in [2.75, 3.05) is 0 Å². The first kappa shape index (κ1) is 89.6. The van der Waals surface area contributed by atoms with Crippen molar-refractivity contribution in [1.82, 2.24) is 0 Å². The quantitative estimate of drug-likeness (QED) is 0.432. The Morgan fingerprint density at radius 3 is 0.700 bits per heavy atom. The van der Waals surface area contributed by atoms with Gasteiger partial charge in [0.05, 0.1) is 0 Å². The second kappa shape index (κ2) is 63.7. The summed E-state index contributed by atoms with van der Waals surface area (Å²) >= 11 is -3.58. The molecule has 72 valence electrons. The monoisotopic (exact) mass is 218 g/mol. The van der Waals surface area contributed by atoms with E-state index in [0.717, 1.165) is 0 Å². The van der Waals surface area contributed by atoms with Crippen molar-refractivity contribution in [3.8, 4) is 0 Å². The van der Waals surface area contributed by atoms with Gasteiger partial charge in [0.15, 0.2) is 0 Å². The van der Waals surface area contributed by atoms with E-state index in [1.165, 1.54) is 0 Å². The summed E-state index contributed by atoms with van der Waals surface area (Å²) in [5.41, 5.74) is 0. The standard InChI is InChI=1S/6FH.2H2O.O.Ti/h6*1H;2*1H2;;/q;;;;;;;;;+2/p-2. The van der Waals surface area contributed by atoms with Gasteiger partial charge in [-0.2, -0.15) is 0 Å². The minimum atomic E-state index is -3.58. The van der Waals surface area contributed by atoms with E-state index in [-0.39, 0.29) is 28.2 Å². The number of rotatable bonds is 0. The molecule has 0 bridgehead atoms. The number of halogens is 6. The Kier molecular flexibility index (Phi) is 571. The van der Waals surface area contributed by atoms with E-state index >= 15 is 0 Å². The molecule has 2 N–H and O–H groups in total. The zero-order valence-electron chi connectivity index (χ0n) is 4.25. The van der Waals surface area contributed by atoms with Gasteiger partial charge in [-0.1, -0.05) is 0 Å². The Hall–Kier alpha value is 0.0143. The van der Waals surface area contributed by atoms with Gasteiger partial charge < -0.3 is 0 Å². The third kappa shape index (κ3) is 1930000. The Morgan fingerprint density at radius 2 is 0.700 bits per heavy atom. The van der Waals surface area contributed by atoms with E-state index in [0.29, 0.717) is 0 Å². The van der Waals surface area contributed by atoms with Gasteiger partial charge in [0.2, 0.25) is 0 Å². The Morgan fingerprint density at radius 1 is 0.700 bits per heavy atom. The van der Waals surface area contributed by atoms with E-state index in [2.05, 4.69) is 0 Å². The van der Waals surface area contributed by atoms with Gasteiger partial charge in [0, 0.05) is 0 Å². The predicted octanol–water partition coefficient (Wildman–Crippen LogP) is -0.320. The molecule has 0 aliphatic carbocycles. The van der Waals surface area contributed by atoms with Crippen LogP contribution in [0.15, 0.2) is 0 Å². The van der Waals surface area contributed by atoms with Crippen molar-refractivity contribution in [2.24, 2.45) is 0 Å². The molecule has 0 spiro atoms. The second-order valence-corrected chi connectivity index (χ2v) is 1.17. The molecule has 0 aromatic rings. The zero-order chi connectivity index (χ0) is 3.58. The van der Waals surface area contributed by atoms with Gasteiger partial charge in [-0.3, -0.25) is 28.2 Å². The molecule has 0 rings (SSSR count). The molecule has 0 saturated heterocycles. The molecular formula is H8F6O3Ti. The Labute approximate surface area is 58.4 Å². The van der Waals surface area contributed by atoms with Crippen LogP contribution in [0, 0.1) is 0 Å². The van der Waals surface area contributed by atoms with E-state index in [1.54, 1.807) is 0 Å². The van der Waals surface area contributed by atoms with E-state index in [1.807, 2.05) is 0 Å². The molecule has 0 aromatic heterocycles. The fourth-order valence-electron chi connectivity index (χ4n) is 0. The maximum absolute atomic E-state index is 8.81. The van der Waals surface area contributed by atoms with Crippen LogP contribution in [0.5, 0.6) is 0 Å². The van der Waals surface area contributed by atoms with Crippen LogP contribution in [0.1, 0.15) is 0 Å². The van der Waals surface area contributed by atoms with Gasteiger partial charge >= 0.3 is 29.3 Å². The number of hydrogen-bond acceptors (Lipinski definition) is 1. The maximum atomic E-state index is 8.81. The van der Waals surface area contributed by atoms with Gasteiger partial charge in [-0.05, 0) is 0 Å². The van der Waals surface area contributed by atoms with Gasteiger partial charge in [0.25, 0.3) is 0 Å². The Balaban J connectivity index is -0.00000000300. The summed E-state index contributed by atoms with van der Waals surface area (Å²) in [5, 5.41) is 0. The molecular weight excluding hydrogens is 210 g/mol. The zero-order valence-corrected chi connectivity index (χ0v) is 5.81. The van der Waals surface area contributed by atoms with E-state index < -0.39 is 18.6 Å². The van der Waals surface area contributed by atoms with Crippen LogP contribution in [0.25, 0.3) is 0 Å². The molecule has 0 aliphatic heterocycles. The molecule has 0 radical (unpaired) electrons. The van der Waals surface area contributed by atoms with Crippen molar-refractivity contribution in [3.05, 3.63) is 0 Å². The average molecular weight is 218 g/mol. The van der Waals surface area contributed by atoms with Gasteiger partial charge in [0.1, 0.15) is 0 Å². The first-order valence-electron chi connectivity index (χ1n) is 0.651. The third-order valence-electron chi connectivity index (χ3n) is 0. The first-order valence-corrected chi connectivity index (χ1v) is 2.69. The van der Waals surface area contributed by atoms with E-state index in [4.69, 9.17) is 10.7 Å². The fourth-order valence-corrected chi connectivity index (χ4v) is 0. The van der Waals surface area contributed by atoms with Crippen LogP contribution in [-0.4, -0.2) is 7.38 Å². The molecule has 0 saturated carbocycles. The molecule has 0 heterocycles. The van der Waals surface area contributed by atoms with Crippen LogP contribution < -0.4 is 0 Å². The molecule has 3 nitrogen and oxygen atoms in total. The molecule has 0 unspecified atom stereocenters. The summed E-state index contributed by atoms with van der Waals surface area (Å²) in [5.74, 6) is 0. The van der Waals surface area contributed by atoms with Crippen molar-refractivity contribution in [2.45, 2.75) is 0 Å². The molecule has 0 atom stereocenters. The summed E-state index contributed by atoms with van der Waals surface area (Å²) < 4.78 is 23.2. The number of hydrogen-bond donors (Lipinski definition) is 2. The summed E-state index contributed by atoms with van der Waals surface area (Å²) in [6, 6.07) is 0. The van der Waals surface area contributed by atoms with E-state index in [9.17, 15) is 0 Å². The first-order chi connectivity index (χ1) is 1.73. The van der Waals surface area contributed by atoms with Gasteiger partial charge in [-0.25, -0.2) is 0 Å². The topological polar surface area (TPSA) is 57.5 Å². The third-order valence-corrected chi connectivity index (χ3v) is 0. The summed E-state index contributed by atoms with van der Waals surface area (Å²) in [4.78, 5) is 0. The molecule has 0 amide bonds. The van der Waals surface area contributed by atoms with Crippen molar-refractivity contribution < 1.29 is 57.5 Å². The van der Waals surface area contributed by atoms with Crippen molar-refractivity contribution >= 4 is 0 Å². The Bertz CT molecular complexity index is 36.0. The molecule has 10 heavy (non-hydrogen) atoms. The van der Waals surface area contributed by atoms with Crippen LogP contribution in [0.2, 0.25) is 0 Å². The van der Waals surface area contributed by atoms with Crippen LogP contribution in [0.3, 0.4) is 0 Å². The molecule has 0 fully saturated rings.